The first kappa shape index (κ1) is 20.2. The minimum Gasteiger partial charge on any atom is -0.351 e. The van der Waals surface area contributed by atoms with Gasteiger partial charge in [-0.05, 0) is 61.1 Å². The van der Waals surface area contributed by atoms with E-state index in [4.69, 9.17) is 0 Å². The molecule has 2 N–H and O–H groups in total. The van der Waals surface area contributed by atoms with Crippen LogP contribution < -0.4 is 5.32 Å². The summed E-state index contributed by atoms with van der Waals surface area (Å²) < 4.78 is 0. The number of nitrogens with zero attached hydrogens (tertiary/aromatic N) is 2. The number of aromatic nitrogens is 2. The predicted molar refractivity (Wildman–Crippen MR) is 132 cm³/mol. The van der Waals surface area contributed by atoms with Crippen molar-refractivity contribution < 1.29 is 4.79 Å². The number of piperidine rings is 3. The third-order valence-corrected chi connectivity index (χ3v) is 7.62. The number of carbonyl (C=O) groups excluding carboxylic acids is 1. The van der Waals surface area contributed by atoms with Crippen LogP contribution in [0.3, 0.4) is 0 Å². The van der Waals surface area contributed by atoms with E-state index in [9.17, 15) is 4.79 Å². The molecule has 0 aliphatic carbocycles. The number of hydrogen-bond donors (Lipinski definition) is 2. The Morgan fingerprint density at radius 3 is 2.85 bits per heavy atom. The van der Waals surface area contributed by atoms with Gasteiger partial charge in [-0.15, -0.1) is 6.58 Å². The fourth-order valence-electron chi connectivity index (χ4n) is 5.91. The lowest BCUT2D eigenvalue weighted by molar-refractivity contribution is 0.00168. The first-order valence-corrected chi connectivity index (χ1v) is 11.8. The Labute approximate surface area is 193 Å². The Kier molecular flexibility index (Phi) is 4.99. The van der Waals surface area contributed by atoms with E-state index in [1.807, 2.05) is 54.7 Å². The van der Waals surface area contributed by atoms with Gasteiger partial charge in [-0.1, -0.05) is 42.5 Å². The van der Waals surface area contributed by atoms with Crippen molar-refractivity contribution in [2.24, 2.45) is 11.8 Å². The van der Waals surface area contributed by atoms with Crippen LogP contribution in [0.4, 0.5) is 0 Å². The van der Waals surface area contributed by atoms with Crippen molar-refractivity contribution in [3.8, 4) is 0 Å². The van der Waals surface area contributed by atoms with Gasteiger partial charge in [0.15, 0.2) is 0 Å². The van der Waals surface area contributed by atoms with Crippen molar-refractivity contribution in [1.82, 2.24) is 20.2 Å². The molecule has 3 aliphatic heterocycles. The molecule has 5 atom stereocenters. The van der Waals surface area contributed by atoms with Crippen molar-refractivity contribution in [2.45, 2.75) is 24.9 Å². The third kappa shape index (κ3) is 3.53. The molecule has 0 saturated carbocycles. The van der Waals surface area contributed by atoms with Crippen molar-refractivity contribution in [2.75, 3.05) is 13.1 Å². The molecule has 5 heteroatoms. The van der Waals surface area contributed by atoms with Gasteiger partial charge in [0.1, 0.15) is 5.69 Å². The number of aromatic amines is 1. The monoisotopic (exact) mass is 436 g/mol. The van der Waals surface area contributed by atoms with Crippen LogP contribution in [-0.4, -0.2) is 39.9 Å². The van der Waals surface area contributed by atoms with Crippen molar-refractivity contribution >= 4 is 27.7 Å². The van der Waals surface area contributed by atoms with Gasteiger partial charge < -0.3 is 10.3 Å². The highest BCUT2D eigenvalue weighted by Crippen LogP contribution is 2.42. The van der Waals surface area contributed by atoms with Crippen LogP contribution >= 0.6 is 0 Å². The number of rotatable bonds is 5. The van der Waals surface area contributed by atoms with Crippen LogP contribution in [0, 0.1) is 11.8 Å². The minimum absolute atomic E-state index is 0.0694. The van der Waals surface area contributed by atoms with Gasteiger partial charge >= 0.3 is 0 Å². The fraction of sp³-hybridized carbons (Fsp3) is 0.286. The summed E-state index contributed by atoms with van der Waals surface area (Å²) in [7, 11) is 0. The van der Waals surface area contributed by atoms with E-state index in [-0.39, 0.29) is 18.0 Å². The van der Waals surface area contributed by atoms with E-state index < -0.39 is 0 Å². The number of amides is 1. The molecule has 0 radical (unpaired) electrons. The molecule has 5 nitrogen and oxygen atoms in total. The van der Waals surface area contributed by atoms with E-state index in [0.29, 0.717) is 17.5 Å². The van der Waals surface area contributed by atoms with Gasteiger partial charge in [-0.25, -0.2) is 0 Å². The molecule has 3 aliphatic rings. The average Bonchev–Trinajstić information content (AvgIpc) is 3.32. The summed E-state index contributed by atoms with van der Waals surface area (Å²) in [5, 5.41) is 5.57. The lowest BCUT2D eigenvalue weighted by atomic mass is 9.73. The van der Waals surface area contributed by atoms with Crippen LogP contribution in [0.1, 0.15) is 34.9 Å². The topological polar surface area (TPSA) is 61.0 Å². The molecule has 33 heavy (non-hydrogen) atoms. The average molecular weight is 437 g/mol. The maximum atomic E-state index is 13.5. The number of para-hydroxylation sites is 2. The second-order valence-electron chi connectivity index (χ2n) is 9.39. The lowest BCUT2D eigenvalue weighted by Crippen LogP contribution is -2.57. The Bertz CT molecular complexity index is 1300. The third-order valence-electron chi connectivity index (χ3n) is 7.62. The van der Waals surface area contributed by atoms with Gasteiger partial charge in [-0.2, -0.15) is 0 Å². The van der Waals surface area contributed by atoms with Gasteiger partial charge in [-0.3, -0.25) is 14.7 Å². The quantitative estimate of drug-likeness (QED) is 0.429. The molecule has 7 rings (SSSR count). The number of carbonyl (C=O) groups is 1. The van der Waals surface area contributed by atoms with E-state index in [0.717, 1.165) is 46.9 Å². The standard InChI is InChI=1S/C28H28N4O/c1-2-18-17-32-14-12-19(18)16-26(32)27(22-11-13-29-24-10-6-4-8-21(22)24)31-28(33)25-15-20-7-3-5-9-23(20)30-25/h2-11,13,15,18-19,26-27,30H,1,12,14,16-17H2,(H,31,33)/t18-,19-,26+,27-/m0/s1. The van der Waals surface area contributed by atoms with Crippen LogP contribution in [0.2, 0.25) is 0 Å². The Morgan fingerprint density at radius 2 is 2.03 bits per heavy atom. The summed E-state index contributed by atoms with van der Waals surface area (Å²) in [6, 6.07) is 20.4. The molecule has 0 spiro atoms. The van der Waals surface area contributed by atoms with E-state index in [2.05, 4.69) is 45.0 Å². The molecule has 166 valence electrons. The number of hydrogen-bond acceptors (Lipinski definition) is 3. The maximum Gasteiger partial charge on any atom is 0.268 e. The van der Waals surface area contributed by atoms with Crippen molar-refractivity contribution in [3.63, 3.8) is 0 Å². The van der Waals surface area contributed by atoms with Gasteiger partial charge in [0.05, 0.1) is 11.6 Å². The summed E-state index contributed by atoms with van der Waals surface area (Å²) >= 11 is 0. The largest absolute Gasteiger partial charge is 0.351 e. The minimum atomic E-state index is -0.120. The summed E-state index contributed by atoms with van der Waals surface area (Å²) in [5.74, 6) is 1.09. The maximum absolute atomic E-state index is 13.5. The zero-order valence-corrected chi connectivity index (χ0v) is 18.6. The molecule has 3 fully saturated rings. The predicted octanol–water partition coefficient (Wildman–Crippen LogP) is 5.08. The Balaban J connectivity index is 1.40. The van der Waals surface area contributed by atoms with Crippen molar-refractivity contribution in [1.29, 1.82) is 0 Å². The molecule has 5 heterocycles. The Morgan fingerprint density at radius 1 is 1.18 bits per heavy atom. The molecule has 2 aromatic heterocycles. The number of H-pyrrole nitrogens is 1. The summed E-state index contributed by atoms with van der Waals surface area (Å²) in [4.78, 5) is 23.9. The molecule has 3 saturated heterocycles. The highest BCUT2D eigenvalue weighted by Gasteiger charge is 2.43. The van der Waals surface area contributed by atoms with Crippen LogP contribution in [0.25, 0.3) is 21.8 Å². The first-order chi connectivity index (χ1) is 16.2. The van der Waals surface area contributed by atoms with E-state index >= 15 is 0 Å². The van der Waals surface area contributed by atoms with Gasteiger partial charge in [0.25, 0.3) is 5.91 Å². The van der Waals surface area contributed by atoms with Crippen LogP contribution in [-0.2, 0) is 0 Å². The number of benzene rings is 2. The second kappa shape index (κ2) is 8.16. The first-order valence-electron chi connectivity index (χ1n) is 11.8. The van der Waals surface area contributed by atoms with Crippen molar-refractivity contribution in [3.05, 3.63) is 90.8 Å². The zero-order valence-electron chi connectivity index (χ0n) is 18.6. The lowest BCUT2D eigenvalue weighted by Gasteiger charge is -2.51. The molecular weight excluding hydrogens is 408 g/mol. The summed E-state index contributed by atoms with van der Waals surface area (Å²) in [6.07, 6.45) is 6.24. The second-order valence-corrected chi connectivity index (χ2v) is 9.39. The highest BCUT2D eigenvalue weighted by molar-refractivity contribution is 5.98. The highest BCUT2D eigenvalue weighted by atomic mass is 16.2. The number of fused-ring (bicyclic) bond motifs is 5. The van der Waals surface area contributed by atoms with Gasteiger partial charge in [0, 0.05) is 35.1 Å². The fourth-order valence-corrected chi connectivity index (χ4v) is 5.91. The zero-order chi connectivity index (χ0) is 22.4. The Hall–Kier alpha value is -3.44. The summed E-state index contributed by atoms with van der Waals surface area (Å²) in [5.41, 5.74) is 3.67. The van der Waals surface area contributed by atoms with Crippen LogP contribution in [0.5, 0.6) is 0 Å². The molecule has 2 aromatic carbocycles. The SMILES string of the molecule is C=C[C@H]1CN2CC[C@H]1C[C@@H]2[C@@H](NC(=O)c1cc2ccccc2[nH]1)c1ccnc2ccccc12. The molecule has 1 unspecified atom stereocenters. The molecule has 1 amide bonds. The molecule has 2 bridgehead atoms. The molecular formula is C28H28N4O. The number of nitrogens with one attached hydrogen (secondary N) is 2. The normalized spacial score (nSPS) is 25.2. The van der Waals surface area contributed by atoms with E-state index in [1.165, 1.54) is 6.42 Å². The summed E-state index contributed by atoms with van der Waals surface area (Å²) in [6.45, 7) is 6.16. The molecule has 4 aromatic rings. The smallest absolute Gasteiger partial charge is 0.268 e. The van der Waals surface area contributed by atoms with Crippen LogP contribution in [0.15, 0.2) is 79.5 Å². The number of pyridine rings is 1. The van der Waals surface area contributed by atoms with Gasteiger partial charge in [0.2, 0.25) is 0 Å². The van der Waals surface area contributed by atoms with E-state index in [1.54, 1.807) is 0 Å².